The Hall–Kier alpha value is -2.72. The lowest BCUT2D eigenvalue weighted by Crippen LogP contribution is -2.62. The molecular weight excluding hydrogens is 400 g/mol. The third-order valence-corrected chi connectivity index (χ3v) is 6.19. The fraction of sp³-hybridized carbons (Fsp3) is 0.316. The number of halogens is 2. The summed E-state index contributed by atoms with van der Waals surface area (Å²) in [6.07, 6.45) is 2.24. The number of anilines is 1. The molecule has 0 aliphatic carbocycles. The maximum absolute atomic E-state index is 14.9. The third-order valence-electron chi connectivity index (χ3n) is 4.96. The van der Waals surface area contributed by atoms with Crippen LogP contribution in [0.15, 0.2) is 36.5 Å². The number of benzene rings is 1. The van der Waals surface area contributed by atoms with Crippen molar-refractivity contribution in [1.82, 2.24) is 14.6 Å². The normalized spacial score (nSPS) is 23.9. The average molecular weight is 419 g/mol. The van der Waals surface area contributed by atoms with E-state index < -0.39 is 28.5 Å². The smallest absolute Gasteiger partial charge is 0.274 e. The molecule has 3 N–H and O–H groups in total. The second-order valence-electron chi connectivity index (χ2n) is 6.86. The summed E-state index contributed by atoms with van der Waals surface area (Å²) in [7, 11) is 1.74. The summed E-state index contributed by atoms with van der Waals surface area (Å²) in [6, 6.07) is 6.69. The number of aromatic nitrogens is 1. The van der Waals surface area contributed by atoms with Crippen molar-refractivity contribution in [2.45, 2.75) is 23.8 Å². The van der Waals surface area contributed by atoms with Crippen molar-refractivity contribution < 1.29 is 18.3 Å². The molecule has 2 atom stereocenters. The van der Waals surface area contributed by atoms with Crippen LogP contribution in [0.1, 0.15) is 28.9 Å². The Morgan fingerprint density at radius 3 is 3.00 bits per heavy atom. The summed E-state index contributed by atoms with van der Waals surface area (Å²) in [5.41, 5.74) is -0.615. The van der Waals surface area contributed by atoms with Gasteiger partial charge in [-0.15, -0.1) is 0 Å². The number of nitrogens with zero attached hydrogens (tertiary/aromatic N) is 2. The molecule has 1 unspecified atom stereocenters. The molecule has 1 aromatic carbocycles. The molecule has 29 heavy (non-hydrogen) atoms. The lowest BCUT2D eigenvalue weighted by atomic mass is 9.83. The zero-order valence-electron chi connectivity index (χ0n) is 15.5. The number of hydrogen-bond donors (Lipinski definition) is 3. The van der Waals surface area contributed by atoms with E-state index in [1.807, 2.05) is 0 Å². The van der Waals surface area contributed by atoms with Crippen LogP contribution in [0.4, 0.5) is 14.5 Å². The molecule has 4 rings (SSSR count). The fourth-order valence-electron chi connectivity index (χ4n) is 3.51. The van der Waals surface area contributed by atoms with Crippen LogP contribution >= 0.6 is 11.9 Å². The number of carbonyl (C=O) groups is 1. The van der Waals surface area contributed by atoms with E-state index in [0.29, 0.717) is 30.7 Å². The number of nitrogens with one attached hydrogen (secondary N) is 3. The molecule has 2 fully saturated rings. The second kappa shape index (κ2) is 7.60. The maximum Gasteiger partial charge on any atom is 0.274 e. The Kier molecular flexibility index (Phi) is 5.13. The zero-order chi connectivity index (χ0) is 20.6. The number of ether oxygens (including phenoxy) is 1. The van der Waals surface area contributed by atoms with Gasteiger partial charge in [0.1, 0.15) is 28.3 Å². The van der Waals surface area contributed by atoms with E-state index in [0.717, 1.165) is 12.3 Å². The van der Waals surface area contributed by atoms with Gasteiger partial charge < -0.3 is 15.4 Å². The Labute approximate surface area is 170 Å². The van der Waals surface area contributed by atoms with Gasteiger partial charge >= 0.3 is 0 Å². The molecule has 0 radical (unpaired) electrons. The largest absolute Gasteiger partial charge is 0.363 e. The molecule has 1 aromatic heterocycles. The quantitative estimate of drug-likeness (QED) is 0.663. The van der Waals surface area contributed by atoms with Crippen LogP contribution in [0.2, 0.25) is 0 Å². The first kappa shape index (κ1) is 19.6. The maximum atomic E-state index is 14.9. The molecule has 0 bridgehead atoms. The molecular formula is C19H19F2N5O2S. The predicted octanol–water partition coefficient (Wildman–Crippen LogP) is 3.06. The fourth-order valence-corrected chi connectivity index (χ4v) is 4.59. The van der Waals surface area contributed by atoms with Crippen molar-refractivity contribution >= 4 is 29.5 Å². The van der Waals surface area contributed by atoms with E-state index >= 15 is 0 Å². The highest BCUT2D eigenvalue weighted by atomic mass is 32.2. The van der Waals surface area contributed by atoms with Crippen LogP contribution in [0.3, 0.4) is 0 Å². The molecule has 3 heterocycles. The number of pyridine rings is 1. The highest BCUT2D eigenvalue weighted by Crippen LogP contribution is 2.45. The lowest BCUT2D eigenvalue weighted by Gasteiger charge is -2.50. The van der Waals surface area contributed by atoms with E-state index in [1.165, 1.54) is 30.1 Å². The molecule has 2 aliphatic rings. The van der Waals surface area contributed by atoms with Gasteiger partial charge in [0.15, 0.2) is 0 Å². The molecule has 2 saturated heterocycles. The number of fused-ring (bicyclic) bond motifs is 1. The minimum Gasteiger partial charge on any atom is -0.363 e. The lowest BCUT2D eigenvalue weighted by molar-refractivity contribution is -0.00440. The molecule has 0 saturated carbocycles. The van der Waals surface area contributed by atoms with E-state index in [2.05, 4.69) is 15.6 Å². The molecule has 2 aliphatic heterocycles. The molecule has 152 valence electrons. The van der Waals surface area contributed by atoms with Crippen LogP contribution in [0.5, 0.6) is 0 Å². The van der Waals surface area contributed by atoms with Gasteiger partial charge in [0.2, 0.25) is 5.96 Å². The van der Waals surface area contributed by atoms with Crippen LogP contribution < -0.4 is 10.6 Å². The van der Waals surface area contributed by atoms with Gasteiger partial charge in [0.25, 0.3) is 5.91 Å². The van der Waals surface area contributed by atoms with Crippen LogP contribution in [-0.4, -0.2) is 40.2 Å². The van der Waals surface area contributed by atoms with Gasteiger partial charge in [-0.1, -0.05) is 0 Å². The Bertz CT molecular complexity index is 958. The minimum atomic E-state index is -0.925. The van der Waals surface area contributed by atoms with E-state index in [4.69, 9.17) is 10.1 Å². The first-order valence-corrected chi connectivity index (χ1v) is 9.84. The zero-order valence-corrected chi connectivity index (χ0v) is 16.4. The summed E-state index contributed by atoms with van der Waals surface area (Å²) in [4.78, 5) is 16.2. The van der Waals surface area contributed by atoms with E-state index in [1.54, 1.807) is 17.4 Å². The molecule has 1 amide bonds. The summed E-state index contributed by atoms with van der Waals surface area (Å²) < 4.78 is 35.4. The van der Waals surface area contributed by atoms with Gasteiger partial charge in [-0.2, -0.15) is 0 Å². The van der Waals surface area contributed by atoms with E-state index in [9.17, 15) is 13.6 Å². The van der Waals surface area contributed by atoms with E-state index in [-0.39, 0.29) is 11.7 Å². The van der Waals surface area contributed by atoms with Gasteiger partial charge in [0, 0.05) is 24.9 Å². The van der Waals surface area contributed by atoms with Crippen molar-refractivity contribution in [3.8, 4) is 0 Å². The van der Waals surface area contributed by atoms with Crippen molar-refractivity contribution in [3.05, 3.63) is 59.4 Å². The van der Waals surface area contributed by atoms with Gasteiger partial charge in [-0.25, -0.2) is 13.8 Å². The van der Waals surface area contributed by atoms with Gasteiger partial charge in [0.05, 0.1) is 6.20 Å². The van der Waals surface area contributed by atoms with Crippen LogP contribution in [0, 0.1) is 17.0 Å². The number of hydrogen-bond acceptors (Lipinski definition) is 5. The van der Waals surface area contributed by atoms with Gasteiger partial charge in [-0.05, 0) is 55.1 Å². The Morgan fingerprint density at radius 2 is 2.24 bits per heavy atom. The first-order chi connectivity index (χ1) is 13.9. The monoisotopic (exact) mass is 419 g/mol. The summed E-state index contributed by atoms with van der Waals surface area (Å²) >= 11 is 1.32. The average Bonchev–Trinajstić information content (AvgIpc) is 2.70. The number of amides is 1. The molecule has 7 nitrogen and oxygen atoms in total. The van der Waals surface area contributed by atoms with Crippen molar-refractivity contribution in [1.29, 1.82) is 5.41 Å². The highest BCUT2D eigenvalue weighted by Gasteiger charge is 2.50. The highest BCUT2D eigenvalue weighted by molar-refractivity contribution is 7.98. The second-order valence-corrected chi connectivity index (χ2v) is 8.05. The van der Waals surface area contributed by atoms with Crippen molar-refractivity contribution in [2.75, 3.05) is 19.0 Å². The van der Waals surface area contributed by atoms with Crippen molar-refractivity contribution in [2.24, 2.45) is 0 Å². The number of rotatable bonds is 3. The first-order valence-electron chi connectivity index (χ1n) is 9.01. The molecule has 10 heteroatoms. The summed E-state index contributed by atoms with van der Waals surface area (Å²) in [5, 5.41) is 13.9. The standard InChI is InChI=1S/C19H19F2N5O2S/c1-26-18(22)25-19(7-2-8-28-17(19)29-26)13-9-12(4-5-14(13)21)24-16(27)15-6-3-11(20)10-23-15/h3-6,9-10,17H,2,7-8H2,1H3,(H2,22,25)(H,24,27)/t17?,19-/m1/s1. The Balaban J connectivity index is 1.66. The summed E-state index contributed by atoms with van der Waals surface area (Å²) in [5.74, 6) is -1.37. The predicted molar refractivity (Wildman–Crippen MR) is 105 cm³/mol. The topological polar surface area (TPSA) is 90.3 Å². The van der Waals surface area contributed by atoms with Crippen LogP contribution in [0.25, 0.3) is 0 Å². The van der Waals surface area contributed by atoms with Gasteiger partial charge in [-0.3, -0.25) is 14.5 Å². The van der Waals surface area contributed by atoms with Crippen molar-refractivity contribution in [3.63, 3.8) is 0 Å². The molecule has 0 spiro atoms. The number of carbonyl (C=O) groups excluding carboxylic acids is 1. The number of guanidine groups is 1. The third kappa shape index (κ3) is 3.65. The van der Waals surface area contributed by atoms with Crippen LogP contribution in [-0.2, 0) is 10.3 Å². The Morgan fingerprint density at radius 1 is 1.41 bits per heavy atom. The SMILES string of the molecule is CN1SC2OCCC[C@]2(c2cc(NC(=O)c3ccc(F)cn3)ccc2F)NC1=N. The summed E-state index contributed by atoms with van der Waals surface area (Å²) in [6.45, 7) is 0.552. The molecule has 2 aromatic rings. The minimum absolute atomic E-state index is 0.0454.